The number of benzene rings is 2. The van der Waals surface area contributed by atoms with Gasteiger partial charge in [-0.3, -0.25) is 14.4 Å². The number of ketones is 1. The van der Waals surface area contributed by atoms with Crippen LogP contribution in [0.4, 0.5) is 5.69 Å². The smallest absolute Gasteiger partial charge is 0.312 e. The van der Waals surface area contributed by atoms with Crippen molar-refractivity contribution in [1.82, 2.24) is 0 Å². The summed E-state index contributed by atoms with van der Waals surface area (Å²) in [4.78, 5) is 38.9. The van der Waals surface area contributed by atoms with Gasteiger partial charge in [0.15, 0.2) is 0 Å². The molecule has 0 saturated carbocycles. The molecule has 5 rings (SSSR count). The summed E-state index contributed by atoms with van der Waals surface area (Å²) in [6.45, 7) is 11.9. The van der Waals surface area contributed by atoms with Crippen LogP contribution in [0.3, 0.4) is 0 Å². The third kappa shape index (κ3) is 6.96. The number of ether oxygens (including phenoxy) is 3. The van der Waals surface area contributed by atoms with Crippen molar-refractivity contribution >= 4 is 34.1 Å². The van der Waals surface area contributed by atoms with Crippen LogP contribution in [0.5, 0.6) is 23.0 Å². The van der Waals surface area contributed by atoms with Crippen LogP contribution in [0.1, 0.15) is 64.4 Å². The quantitative estimate of drug-likeness (QED) is 0.145. The molecule has 0 unspecified atom stereocenters. The number of aliphatic hydroxyl groups excluding tert-OH is 3. The molecule has 13 nitrogen and oxygen atoms in total. The molecular formula is C36H44NO12-. The van der Waals surface area contributed by atoms with Gasteiger partial charge in [0.05, 0.1) is 35.8 Å². The Balaban J connectivity index is 1.85. The van der Waals surface area contributed by atoms with E-state index in [4.69, 9.17) is 14.2 Å². The van der Waals surface area contributed by atoms with Crippen LogP contribution < -0.4 is 15.2 Å². The Morgan fingerprint density at radius 3 is 2.27 bits per heavy atom. The first-order valence-corrected chi connectivity index (χ1v) is 16.0. The number of anilines is 1. The minimum absolute atomic E-state index is 0.0620. The molecular weight excluding hydrogens is 638 g/mol. The van der Waals surface area contributed by atoms with Gasteiger partial charge in [0, 0.05) is 59.9 Å². The van der Waals surface area contributed by atoms with E-state index in [2.05, 4.69) is 5.32 Å². The number of fused-ring (bicyclic) bond motifs is 14. The molecule has 0 saturated heterocycles. The number of nitrogens with one attached hydrogen (secondary N) is 1. The molecule has 1 amide bonds. The molecule has 6 N–H and O–H groups in total. The molecule has 2 aromatic carbocycles. The topological polar surface area (TPSA) is 215 Å². The minimum Gasteiger partial charge on any atom is -0.872 e. The van der Waals surface area contributed by atoms with E-state index in [-0.39, 0.29) is 33.5 Å². The van der Waals surface area contributed by atoms with Gasteiger partial charge in [0.2, 0.25) is 0 Å². The Morgan fingerprint density at radius 2 is 1.63 bits per heavy atom. The Morgan fingerprint density at radius 1 is 0.980 bits per heavy atom. The number of amides is 1. The zero-order chi connectivity index (χ0) is 36.7. The number of aliphatic hydroxyl groups is 3. The molecule has 0 aliphatic carbocycles. The van der Waals surface area contributed by atoms with Gasteiger partial charge < -0.3 is 50.2 Å². The van der Waals surface area contributed by atoms with Gasteiger partial charge in [0.1, 0.15) is 23.4 Å². The lowest BCUT2D eigenvalue weighted by atomic mass is 9.78. The van der Waals surface area contributed by atoms with Crippen LogP contribution in [0.15, 0.2) is 42.2 Å². The predicted molar refractivity (Wildman–Crippen MR) is 177 cm³/mol. The van der Waals surface area contributed by atoms with Crippen molar-refractivity contribution in [3.05, 3.63) is 53.3 Å². The molecule has 0 aromatic heterocycles. The van der Waals surface area contributed by atoms with E-state index < -0.39 is 94.2 Å². The van der Waals surface area contributed by atoms with E-state index in [1.54, 1.807) is 39.8 Å². The van der Waals surface area contributed by atoms with Crippen molar-refractivity contribution in [1.29, 1.82) is 0 Å². The fraction of sp³-hybridized carbons (Fsp3) is 0.472. The number of aromatic hydroxyl groups is 2. The van der Waals surface area contributed by atoms with E-state index in [9.17, 15) is 45.0 Å². The molecule has 49 heavy (non-hydrogen) atoms. The lowest BCUT2D eigenvalue weighted by Gasteiger charge is -2.37. The molecule has 2 aromatic rings. The van der Waals surface area contributed by atoms with Gasteiger partial charge in [-0.2, -0.15) is 0 Å². The lowest BCUT2D eigenvalue weighted by molar-refractivity contribution is -0.266. The van der Waals surface area contributed by atoms with Crippen LogP contribution in [-0.4, -0.2) is 73.4 Å². The van der Waals surface area contributed by atoms with E-state index in [1.807, 2.05) is 0 Å². The van der Waals surface area contributed by atoms with Gasteiger partial charge in [0.25, 0.3) is 11.7 Å². The summed E-state index contributed by atoms with van der Waals surface area (Å²) in [6, 6.07) is 1.01. The number of carbonyl (C=O) groups excluding carboxylic acids is 3. The van der Waals surface area contributed by atoms with Crippen molar-refractivity contribution in [2.75, 3.05) is 5.32 Å². The second-order valence-corrected chi connectivity index (χ2v) is 13.2. The standard InChI is InChI=1S/C36H45NO12/c1-15-10-9-11-16(2)35(46)37-22-14-24(40)25-26(31(22)44)30(43)20(6)33-27(25)34(45)36(8,49-33)47-13-12-23(39)17(3)32(48-21(7)38)19(5)29(42)18(4)28(15)41/h9-15,17-19,23,28-29,32,39-44H,1-8H3,(H,37,46)/p-1/b10-9+,13-12+,16-11-/t15-,17+,18+,19+,23-,28-,29+,32+,36-/m0/s1. The summed E-state index contributed by atoms with van der Waals surface area (Å²) < 4.78 is 17.1. The van der Waals surface area contributed by atoms with Crippen LogP contribution in [-0.2, 0) is 19.1 Å². The molecule has 5 bridgehead atoms. The second-order valence-electron chi connectivity index (χ2n) is 13.2. The van der Waals surface area contributed by atoms with Crippen molar-refractivity contribution in [2.24, 2.45) is 23.7 Å². The fourth-order valence-electron chi connectivity index (χ4n) is 6.35. The number of allylic oxidation sites excluding steroid dienone is 2. The summed E-state index contributed by atoms with van der Waals surface area (Å²) in [5.41, 5.74) is -0.391. The number of rotatable bonds is 1. The number of hydrogen-bond acceptors (Lipinski definition) is 12. The third-order valence-electron chi connectivity index (χ3n) is 9.57. The molecule has 0 radical (unpaired) electrons. The molecule has 0 fully saturated rings. The minimum atomic E-state index is -2.06. The van der Waals surface area contributed by atoms with Gasteiger partial charge in [-0.1, -0.05) is 51.7 Å². The van der Waals surface area contributed by atoms with Gasteiger partial charge >= 0.3 is 11.8 Å². The Bertz CT molecular complexity index is 1750. The van der Waals surface area contributed by atoms with Gasteiger partial charge in [-0.05, 0) is 25.5 Å². The van der Waals surface area contributed by atoms with Crippen molar-refractivity contribution in [2.45, 2.75) is 85.6 Å². The van der Waals surface area contributed by atoms with Crippen molar-refractivity contribution in [3.63, 3.8) is 0 Å². The molecule has 3 aliphatic heterocycles. The molecule has 9 atom stereocenters. The van der Waals surface area contributed by atoms with Crippen LogP contribution in [0.25, 0.3) is 10.8 Å². The predicted octanol–water partition coefficient (Wildman–Crippen LogP) is 3.47. The first kappa shape index (κ1) is 37.2. The highest BCUT2D eigenvalue weighted by molar-refractivity contribution is 6.21. The fourth-order valence-corrected chi connectivity index (χ4v) is 6.35. The average molecular weight is 683 g/mol. The highest BCUT2D eigenvalue weighted by Crippen LogP contribution is 2.53. The van der Waals surface area contributed by atoms with E-state index >= 15 is 0 Å². The number of hydrogen-bond donors (Lipinski definition) is 6. The summed E-state index contributed by atoms with van der Waals surface area (Å²) in [7, 11) is 0. The number of esters is 1. The lowest BCUT2D eigenvalue weighted by Crippen LogP contribution is -2.46. The van der Waals surface area contributed by atoms with Gasteiger partial charge in [-0.25, -0.2) is 0 Å². The highest BCUT2D eigenvalue weighted by Gasteiger charge is 2.49. The van der Waals surface area contributed by atoms with Crippen molar-refractivity contribution < 1.29 is 59.2 Å². The van der Waals surface area contributed by atoms with Crippen LogP contribution in [0.2, 0.25) is 0 Å². The summed E-state index contributed by atoms with van der Waals surface area (Å²) in [5.74, 6) is -9.16. The maximum atomic E-state index is 13.8. The highest BCUT2D eigenvalue weighted by atomic mass is 16.7. The van der Waals surface area contributed by atoms with E-state index in [0.29, 0.717) is 0 Å². The largest absolute Gasteiger partial charge is 0.872 e. The average Bonchev–Trinajstić information content (AvgIpc) is 3.31. The molecule has 13 heteroatoms. The monoisotopic (exact) mass is 682 g/mol. The van der Waals surface area contributed by atoms with E-state index in [0.717, 1.165) is 12.3 Å². The van der Waals surface area contributed by atoms with Gasteiger partial charge in [-0.15, -0.1) is 0 Å². The number of phenolic OH excluding ortho intramolecular Hbond substituents is 2. The molecule has 3 heterocycles. The number of carbonyl (C=O) groups is 3. The zero-order valence-electron chi connectivity index (χ0n) is 28.7. The Kier molecular flexibility index (Phi) is 10.7. The number of phenols is 2. The molecule has 0 spiro atoms. The summed E-state index contributed by atoms with van der Waals surface area (Å²) in [5, 5.41) is 70.9. The third-order valence-corrected chi connectivity index (χ3v) is 9.57. The maximum Gasteiger partial charge on any atom is 0.312 e. The first-order chi connectivity index (χ1) is 22.8. The van der Waals surface area contributed by atoms with E-state index in [1.165, 1.54) is 39.8 Å². The normalized spacial score (nSPS) is 33.7. The summed E-state index contributed by atoms with van der Waals surface area (Å²) in [6.07, 6.45) is 2.27. The van der Waals surface area contributed by atoms with Crippen molar-refractivity contribution in [3.8, 4) is 23.0 Å². The summed E-state index contributed by atoms with van der Waals surface area (Å²) >= 11 is 0. The first-order valence-electron chi connectivity index (χ1n) is 16.0. The second kappa shape index (κ2) is 14.1. The zero-order valence-corrected chi connectivity index (χ0v) is 28.7. The SMILES string of the molecule is CC(=O)O[C@H]1[C@H](C)[C@H](O)[C@H](C)[C@@H](O)[C@@H](C)/C=C/C=C(/C)C(=O)Nc2cc(O)c3c4c(c(C)c([O-])c3c2O)O[C@](C)(O/C=C/[C@H](O)[C@H]1C)C4=O. The Hall–Kier alpha value is -4.59. The van der Waals surface area contributed by atoms with Crippen LogP contribution in [0, 0.1) is 30.6 Å². The number of Topliss-reactive ketones (excluding diaryl/α,β-unsaturated/α-hetero) is 1. The Labute approximate surface area is 284 Å². The van der Waals surface area contributed by atoms with Crippen LogP contribution >= 0.6 is 0 Å². The molecule has 266 valence electrons. The maximum absolute atomic E-state index is 13.8. The molecule has 3 aliphatic rings.